The number of carbonyl (C=O) groups is 2. The zero-order valence-corrected chi connectivity index (χ0v) is 5.05. The average Bonchev–Trinajstić information content (AvgIpc) is 1.61. The lowest BCUT2D eigenvalue weighted by Gasteiger charge is -2.00. The number of carboxylic acids is 2. The van der Waals surface area contributed by atoms with Gasteiger partial charge >= 0.3 is 0 Å². The normalized spacial score (nSPS) is 6.80. The summed E-state index contributed by atoms with van der Waals surface area (Å²) in [4.78, 5) is 19.0. The summed E-state index contributed by atoms with van der Waals surface area (Å²) in [6, 6.07) is 0. The molecule has 0 bridgehead atoms. The molecule has 0 unspecified atom stereocenters. The van der Waals surface area contributed by atoms with E-state index in [0.717, 1.165) is 0 Å². The molecule has 0 rings (SSSR count). The second kappa shape index (κ2) is 7.86. The molecule has 0 amide bonds. The van der Waals surface area contributed by atoms with Gasteiger partial charge in [0.15, 0.2) is 0 Å². The van der Waals surface area contributed by atoms with Gasteiger partial charge in [-0.2, -0.15) is 0 Å². The van der Waals surface area contributed by atoms with Crippen LogP contribution in [0.25, 0.3) is 0 Å². The van der Waals surface area contributed by atoms with Crippen LogP contribution in [0.4, 0.5) is 0 Å². The van der Waals surface area contributed by atoms with Crippen LogP contribution in [0.2, 0.25) is 0 Å². The van der Waals surface area contributed by atoms with Gasteiger partial charge in [-0.15, -0.1) is 0 Å². The van der Waals surface area contributed by atoms with Crippen LogP contribution in [0.3, 0.4) is 0 Å². The fourth-order valence-corrected chi connectivity index (χ4v) is 0.204. The maximum atomic E-state index is 9.50. The first-order valence-electron chi connectivity index (χ1n) is 2.02. The fraction of sp³-hybridized carbons (Fsp3) is 0.500. The summed E-state index contributed by atoms with van der Waals surface area (Å²) in [6.07, 6.45) is -0.940. The van der Waals surface area contributed by atoms with Gasteiger partial charge in [0, 0.05) is 11.9 Å². The summed E-state index contributed by atoms with van der Waals surface area (Å²) >= 11 is 0. The Balaban J connectivity index is -0.000000245. The van der Waals surface area contributed by atoms with Crippen LogP contribution in [0.15, 0.2) is 0 Å². The summed E-state index contributed by atoms with van der Waals surface area (Å²) in [5.41, 5.74) is 0. The Labute approximate surface area is 56.7 Å². The van der Waals surface area contributed by atoms with Gasteiger partial charge in [-0.25, -0.2) is 0 Å². The quantitative estimate of drug-likeness (QED) is 0.402. The molecule has 0 aliphatic heterocycles. The largest absolute Gasteiger partial charge is 0.550 e. The molecule has 10 heavy (non-hydrogen) atoms. The lowest BCUT2D eigenvalue weighted by molar-refractivity contribution is -0.315. The number of carbonyl (C=O) groups excluding carboxylic acids is 2. The van der Waals surface area contributed by atoms with Crippen molar-refractivity contribution < 1.29 is 30.8 Å². The Hall–Kier alpha value is -1.14. The van der Waals surface area contributed by atoms with Crippen molar-refractivity contribution in [2.75, 3.05) is 0 Å². The lowest BCUT2D eigenvalue weighted by atomic mass is 10.3. The summed E-state index contributed by atoms with van der Waals surface area (Å²) in [6.45, 7) is 0. The van der Waals surface area contributed by atoms with Gasteiger partial charge in [0.1, 0.15) is 0 Å². The second-order valence-electron chi connectivity index (χ2n) is 1.24. The topological polar surface area (TPSA) is 143 Å². The number of rotatable bonds is 3. The van der Waals surface area contributed by atoms with Gasteiger partial charge in [0.2, 0.25) is 0 Å². The fourth-order valence-electron chi connectivity index (χ4n) is 0.204. The van der Waals surface area contributed by atoms with Crippen LogP contribution in [0.5, 0.6) is 0 Å². The number of carboxylic acid groups (broad SMARTS) is 2. The predicted octanol–water partition coefficient (Wildman–Crippen LogP) is -4.38. The molecule has 6 nitrogen and oxygen atoms in total. The van der Waals surface area contributed by atoms with Crippen molar-refractivity contribution in [3.63, 3.8) is 0 Å². The SMILES string of the molecule is O.O.O=C([O-])CCC(=O)[O-]. The number of hydrogen-bond donors (Lipinski definition) is 0. The van der Waals surface area contributed by atoms with Crippen LogP contribution in [0, 0.1) is 0 Å². The van der Waals surface area contributed by atoms with Crippen LogP contribution in [-0.2, 0) is 9.59 Å². The third kappa shape index (κ3) is 15.8. The van der Waals surface area contributed by atoms with E-state index in [2.05, 4.69) is 0 Å². The molecule has 0 radical (unpaired) electrons. The molecule has 0 aromatic rings. The number of hydrogen-bond acceptors (Lipinski definition) is 4. The molecule has 0 aliphatic carbocycles. The molecule has 0 aromatic carbocycles. The van der Waals surface area contributed by atoms with E-state index in [1.165, 1.54) is 0 Å². The summed E-state index contributed by atoms with van der Waals surface area (Å²) in [5.74, 6) is -2.73. The van der Waals surface area contributed by atoms with Crippen molar-refractivity contribution in [3.8, 4) is 0 Å². The molecule has 4 N–H and O–H groups in total. The summed E-state index contributed by atoms with van der Waals surface area (Å²) in [7, 11) is 0. The van der Waals surface area contributed by atoms with E-state index >= 15 is 0 Å². The van der Waals surface area contributed by atoms with E-state index in [4.69, 9.17) is 0 Å². The van der Waals surface area contributed by atoms with E-state index in [9.17, 15) is 19.8 Å². The van der Waals surface area contributed by atoms with E-state index < -0.39 is 24.8 Å². The van der Waals surface area contributed by atoms with Crippen molar-refractivity contribution in [1.29, 1.82) is 0 Å². The molecule has 62 valence electrons. The van der Waals surface area contributed by atoms with Crippen LogP contribution in [0.1, 0.15) is 12.8 Å². The lowest BCUT2D eigenvalue weighted by Crippen LogP contribution is -2.27. The van der Waals surface area contributed by atoms with Crippen molar-refractivity contribution in [2.45, 2.75) is 12.8 Å². The molecule has 0 heterocycles. The van der Waals surface area contributed by atoms with Gasteiger partial charge in [-0.1, -0.05) is 0 Å². The van der Waals surface area contributed by atoms with E-state index in [-0.39, 0.29) is 11.0 Å². The highest BCUT2D eigenvalue weighted by Crippen LogP contribution is 1.81. The first-order chi connectivity index (χ1) is 3.63. The van der Waals surface area contributed by atoms with E-state index in [1.807, 2.05) is 0 Å². The van der Waals surface area contributed by atoms with Crippen LogP contribution < -0.4 is 10.2 Å². The van der Waals surface area contributed by atoms with Gasteiger partial charge < -0.3 is 30.8 Å². The Bertz CT molecular complexity index is 94.3. The molecule has 0 atom stereocenters. The highest BCUT2D eigenvalue weighted by molar-refractivity contribution is 5.72. The molecule has 0 fully saturated rings. The molecule has 6 heteroatoms. The summed E-state index contributed by atoms with van der Waals surface area (Å²) < 4.78 is 0. The minimum atomic E-state index is -1.37. The maximum Gasteiger partial charge on any atom is 0.0418 e. The van der Waals surface area contributed by atoms with Crippen molar-refractivity contribution >= 4 is 11.9 Å². The maximum absolute atomic E-state index is 9.50. The standard InChI is InChI=1S/C4H6O4.2H2O/c5-3(6)1-2-4(7)8;;/h1-2H2,(H,5,6)(H,7,8);2*1H2/p-2. The Morgan fingerprint density at radius 2 is 1.10 bits per heavy atom. The minimum Gasteiger partial charge on any atom is -0.550 e. The predicted molar refractivity (Wildman–Crippen MR) is 26.5 cm³/mol. The Morgan fingerprint density at radius 3 is 1.20 bits per heavy atom. The van der Waals surface area contributed by atoms with Crippen LogP contribution in [-0.4, -0.2) is 22.9 Å². The monoisotopic (exact) mass is 152 g/mol. The molecule has 0 spiro atoms. The van der Waals surface area contributed by atoms with E-state index in [0.29, 0.717) is 0 Å². The zero-order valence-electron chi connectivity index (χ0n) is 5.05. The van der Waals surface area contributed by atoms with E-state index in [1.54, 1.807) is 0 Å². The Kier molecular flexibility index (Phi) is 12.5. The van der Waals surface area contributed by atoms with Gasteiger partial charge in [0.05, 0.1) is 0 Å². The Morgan fingerprint density at radius 1 is 0.900 bits per heavy atom. The molecule has 0 saturated carbocycles. The van der Waals surface area contributed by atoms with Crippen LogP contribution >= 0.6 is 0 Å². The zero-order chi connectivity index (χ0) is 6.57. The van der Waals surface area contributed by atoms with Crippen molar-refractivity contribution in [2.24, 2.45) is 0 Å². The van der Waals surface area contributed by atoms with Gasteiger partial charge in [0.25, 0.3) is 0 Å². The third-order valence-corrected chi connectivity index (χ3v) is 0.533. The molecular weight excluding hydrogens is 144 g/mol. The average molecular weight is 152 g/mol. The van der Waals surface area contributed by atoms with Crippen molar-refractivity contribution in [3.05, 3.63) is 0 Å². The highest BCUT2D eigenvalue weighted by Gasteiger charge is 1.85. The first-order valence-corrected chi connectivity index (χ1v) is 2.02. The second-order valence-corrected chi connectivity index (χ2v) is 1.24. The van der Waals surface area contributed by atoms with Gasteiger partial charge in [-0.3, -0.25) is 0 Å². The first kappa shape index (κ1) is 15.9. The molecule has 0 saturated heterocycles. The van der Waals surface area contributed by atoms with Crippen molar-refractivity contribution in [1.82, 2.24) is 0 Å². The number of aliphatic carboxylic acids is 2. The molecule has 0 aromatic heterocycles. The molecule has 0 aliphatic rings. The smallest absolute Gasteiger partial charge is 0.0418 e. The summed E-state index contributed by atoms with van der Waals surface area (Å²) in [5, 5.41) is 19.0. The van der Waals surface area contributed by atoms with Gasteiger partial charge in [-0.05, 0) is 12.8 Å². The minimum absolute atomic E-state index is 0. The highest BCUT2D eigenvalue weighted by atomic mass is 16.4. The third-order valence-electron chi connectivity index (χ3n) is 0.533. The molecular formula is C4H8O6-2.